The number of nitrogens with zero attached hydrogens (tertiary/aromatic N) is 1. The summed E-state index contributed by atoms with van der Waals surface area (Å²) in [5.41, 5.74) is 5.88. The van der Waals surface area contributed by atoms with Crippen LogP contribution in [-0.4, -0.2) is 29.9 Å². The van der Waals surface area contributed by atoms with Gasteiger partial charge < -0.3 is 10.6 Å². The SMILES string of the molecule is CCCCN(CCCC)C(=O)C(N)CCC. The third-order valence-corrected chi connectivity index (χ3v) is 2.79. The van der Waals surface area contributed by atoms with Crippen LogP contribution in [-0.2, 0) is 4.79 Å². The van der Waals surface area contributed by atoms with Gasteiger partial charge in [0.1, 0.15) is 0 Å². The second-order valence-electron chi connectivity index (χ2n) is 4.43. The minimum Gasteiger partial charge on any atom is -0.341 e. The van der Waals surface area contributed by atoms with Crippen LogP contribution in [0.4, 0.5) is 0 Å². The van der Waals surface area contributed by atoms with E-state index in [1.165, 1.54) is 0 Å². The third-order valence-electron chi connectivity index (χ3n) is 2.79. The molecule has 1 amide bonds. The lowest BCUT2D eigenvalue weighted by atomic mass is 10.1. The van der Waals surface area contributed by atoms with Crippen LogP contribution >= 0.6 is 0 Å². The van der Waals surface area contributed by atoms with E-state index >= 15 is 0 Å². The summed E-state index contributed by atoms with van der Waals surface area (Å²) in [5, 5.41) is 0. The van der Waals surface area contributed by atoms with Crippen LogP contribution in [0, 0.1) is 0 Å². The Morgan fingerprint density at radius 1 is 1.06 bits per heavy atom. The molecule has 0 aromatic heterocycles. The molecule has 0 aromatic carbocycles. The van der Waals surface area contributed by atoms with Gasteiger partial charge in [0.25, 0.3) is 0 Å². The largest absolute Gasteiger partial charge is 0.341 e. The third kappa shape index (κ3) is 6.11. The Balaban J connectivity index is 4.18. The molecule has 96 valence electrons. The van der Waals surface area contributed by atoms with E-state index in [4.69, 9.17) is 5.73 Å². The Morgan fingerprint density at radius 3 is 1.94 bits per heavy atom. The zero-order valence-electron chi connectivity index (χ0n) is 11.2. The second-order valence-corrected chi connectivity index (χ2v) is 4.43. The monoisotopic (exact) mass is 228 g/mol. The van der Waals surface area contributed by atoms with E-state index in [-0.39, 0.29) is 11.9 Å². The highest BCUT2D eigenvalue weighted by Gasteiger charge is 2.19. The molecule has 0 aliphatic rings. The minimum atomic E-state index is -0.293. The van der Waals surface area contributed by atoms with Crippen LogP contribution in [0.1, 0.15) is 59.3 Å². The Hall–Kier alpha value is -0.570. The summed E-state index contributed by atoms with van der Waals surface area (Å²) in [4.78, 5) is 14.0. The predicted octanol–water partition coefficient (Wildman–Crippen LogP) is 2.54. The van der Waals surface area contributed by atoms with Gasteiger partial charge >= 0.3 is 0 Å². The molecule has 3 heteroatoms. The molecule has 0 saturated heterocycles. The molecule has 0 saturated carbocycles. The van der Waals surface area contributed by atoms with Crippen molar-refractivity contribution in [3.63, 3.8) is 0 Å². The van der Waals surface area contributed by atoms with E-state index in [1.54, 1.807) is 0 Å². The average molecular weight is 228 g/mol. The summed E-state index contributed by atoms with van der Waals surface area (Å²) < 4.78 is 0. The average Bonchev–Trinajstić information content (AvgIpc) is 2.29. The first kappa shape index (κ1) is 15.4. The molecule has 2 N–H and O–H groups in total. The predicted molar refractivity (Wildman–Crippen MR) is 69.3 cm³/mol. The Kier molecular flexibility index (Phi) is 9.30. The number of amides is 1. The molecule has 16 heavy (non-hydrogen) atoms. The molecule has 0 aliphatic heterocycles. The highest BCUT2D eigenvalue weighted by atomic mass is 16.2. The van der Waals surface area contributed by atoms with Gasteiger partial charge in [-0.1, -0.05) is 40.0 Å². The second kappa shape index (κ2) is 9.64. The highest BCUT2D eigenvalue weighted by molar-refractivity contribution is 5.81. The van der Waals surface area contributed by atoms with Crippen LogP contribution in [0.5, 0.6) is 0 Å². The Labute approximate surface area is 100 Å². The van der Waals surface area contributed by atoms with Gasteiger partial charge in [-0.25, -0.2) is 0 Å². The van der Waals surface area contributed by atoms with E-state index in [0.717, 1.165) is 51.6 Å². The van der Waals surface area contributed by atoms with Crippen molar-refractivity contribution in [3.8, 4) is 0 Å². The van der Waals surface area contributed by atoms with Crippen molar-refractivity contribution in [1.29, 1.82) is 0 Å². The summed E-state index contributed by atoms with van der Waals surface area (Å²) >= 11 is 0. The van der Waals surface area contributed by atoms with Crippen LogP contribution in [0.3, 0.4) is 0 Å². The van der Waals surface area contributed by atoms with Crippen molar-refractivity contribution in [2.75, 3.05) is 13.1 Å². The maximum absolute atomic E-state index is 12.0. The van der Waals surface area contributed by atoms with Gasteiger partial charge in [-0.2, -0.15) is 0 Å². The Morgan fingerprint density at radius 2 is 1.56 bits per heavy atom. The molecular formula is C13H28N2O. The fourth-order valence-corrected chi connectivity index (χ4v) is 1.70. The van der Waals surface area contributed by atoms with Crippen molar-refractivity contribution < 1.29 is 4.79 Å². The van der Waals surface area contributed by atoms with Crippen LogP contribution in [0.25, 0.3) is 0 Å². The van der Waals surface area contributed by atoms with Gasteiger partial charge in [0.05, 0.1) is 6.04 Å². The molecule has 1 unspecified atom stereocenters. The summed E-state index contributed by atoms with van der Waals surface area (Å²) in [6.07, 6.45) is 6.18. The van der Waals surface area contributed by atoms with E-state index < -0.39 is 0 Å². The normalized spacial score (nSPS) is 12.5. The lowest BCUT2D eigenvalue weighted by molar-refractivity contribution is -0.132. The van der Waals surface area contributed by atoms with Crippen molar-refractivity contribution in [1.82, 2.24) is 4.90 Å². The summed E-state index contributed by atoms with van der Waals surface area (Å²) in [6, 6.07) is -0.293. The molecule has 0 fully saturated rings. The first-order chi connectivity index (χ1) is 7.67. The quantitative estimate of drug-likeness (QED) is 0.659. The van der Waals surface area contributed by atoms with Crippen molar-refractivity contribution >= 4 is 5.91 Å². The van der Waals surface area contributed by atoms with E-state index in [1.807, 2.05) is 4.90 Å². The molecule has 0 radical (unpaired) electrons. The standard InChI is InChI=1S/C13H28N2O/c1-4-7-10-15(11-8-5-2)13(16)12(14)9-6-3/h12H,4-11,14H2,1-3H3. The van der Waals surface area contributed by atoms with Gasteiger partial charge in [0.15, 0.2) is 0 Å². The van der Waals surface area contributed by atoms with Crippen molar-refractivity contribution in [2.45, 2.75) is 65.3 Å². The fourth-order valence-electron chi connectivity index (χ4n) is 1.70. The number of carbonyl (C=O) groups excluding carboxylic acids is 1. The van der Waals surface area contributed by atoms with E-state index in [9.17, 15) is 4.79 Å². The van der Waals surface area contributed by atoms with E-state index in [2.05, 4.69) is 20.8 Å². The lowest BCUT2D eigenvalue weighted by Gasteiger charge is -2.25. The van der Waals surface area contributed by atoms with Gasteiger partial charge in [0, 0.05) is 13.1 Å². The smallest absolute Gasteiger partial charge is 0.239 e. The van der Waals surface area contributed by atoms with Gasteiger partial charge in [-0.3, -0.25) is 4.79 Å². The Bertz CT molecular complexity index is 175. The number of unbranched alkanes of at least 4 members (excludes halogenated alkanes) is 2. The van der Waals surface area contributed by atoms with Crippen molar-refractivity contribution in [2.24, 2.45) is 5.73 Å². The molecule has 0 rings (SSSR count). The van der Waals surface area contributed by atoms with Crippen LogP contribution in [0.2, 0.25) is 0 Å². The summed E-state index contributed by atoms with van der Waals surface area (Å²) in [5.74, 6) is 0.142. The van der Waals surface area contributed by atoms with Gasteiger partial charge in [-0.15, -0.1) is 0 Å². The molecule has 0 aromatic rings. The zero-order chi connectivity index (χ0) is 12.4. The van der Waals surface area contributed by atoms with Crippen LogP contribution in [0.15, 0.2) is 0 Å². The molecule has 1 atom stereocenters. The van der Waals surface area contributed by atoms with Crippen molar-refractivity contribution in [3.05, 3.63) is 0 Å². The zero-order valence-corrected chi connectivity index (χ0v) is 11.2. The van der Waals surface area contributed by atoms with E-state index in [0.29, 0.717) is 0 Å². The summed E-state index contributed by atoms with van der Waals surface area (Å²) in [7, 11) is 0. The number of rotatable bonds is 9. The number of hydrogen-bond acceptors (Lipinski definition) is 2. The van der Waals surface area contributed by atoms with Gasteiger partial charge in [0.2, 0.25) is 5.91 Å². The number of nitrogens with two attached hydrogens (primary N) is 1. The van der Waals surface area contributed by atoms with Crippen LogP contribution < -0.4 is 5.73 Å². The minimum absolute atomic E-state index is 0.142. The molecule has 0 heterocycles. The lowest BCUT2D eigenvalue weighted by Crippen LogP contribution is -2.44. The molecular weight excluding hydrogens is 200 g/mol. The maximum Gasteiger partial charge on any atom is 0.239 e. The fraction of sp³-hybridized carbons (Fsp3) is 0.923. The summed E-state index contributed by atoms with van der Waals surface area (Å²) in [6.45, 7) is 8.10. The highest BCUT2D eigenvalue weighted by Crippen LogP contribution is 2.04. The van der Waals surface area contributed by atoms with Gasteiger partial charge in [-0.05, 0) is 19.3 Å². The first-order valence-corrected chi connectivity index (χ1v) is 6.71. The molecule has 0 bridgehead atoms. The molecule has 0 aliphatic carbocycles. The topological polar surface area (TPSA) is 46.3 Å². The first-order valence-electron chi connectivity index (χ1n) is 6.71. The molecule has 0 spiro atoms. The number of hydrogen-bond donors (Lipinski definition) is 1. The maximum atomic E-state index is 12.0. The number of carbonyl (C=O) groups is 1. The molecule has 3 nitrogen and oxygen atoms in total.